The summed E-state index contributed by atoms with van der Waals surface area (Å²) in [6.07, 6.45) is 0. The zero-order valence-electron chi connectivity index (χ0n) is 30.9. The predicted octanol–water partition coefficient (Wildman–Crippen LogP) is 2.24. The number of carboxylic acid groups (broad SMARTS) is 2. The zero-order valence-corrected chi connectivity index (χ0v) is 32.5. The summed E-state index contributed by atoms with van der Waals surface area (Å²) in [6, 6.07) is 9.89. The summed E-state index contributed by atoms with van der Waals surface area (Å²) < 4.78 is 42.1. The van der Waals surface area contributed by atoms with Gasteiger partial charge in [-0.05, 0) is 38.1 Å². The summed E-state index contributed by atoms with van der Waals surface area (Å²) >= 11 is 2.58. The Kier molecular flexibility index (Phi) is 19.3. The minimum Gasteiger partial charge on any atom is -0.547 e. The Bertz CT molecular complexity index is 1560. The molecule has 3 N–H and O–H groups in total. The van der Waals surface area contributed by atoms with Gasteiger partial charge < -0.3 is 63.1 Å². The number of aromatic hydroxyl groups is 2. The van der Waals surface area contributed by atoms with Crippen molar-refractivity contribution in [2.24, 2.45) is 9.98 Å². The number of methoxy groups -OCH3 is 2. The summed E-state index contributed by atoms with van der Waals surface area (Å²) in [7, 11) is 3.23. The van der Waals surface area contributed by atoms with Crippen LogP contribution >= 0.6 is 23.5 Å². The summed E-state index contributed by atoms with van der Waals surface area (Å²) in [6.45, 7) is 8.44. The van der Waals surface area contributed by atoms with Gasteiger partial charge in [0.1, 0.15) is 40.3 Å². The van der Waals surface area contributed by atoms with Gasteiger partial charge >= 0.3 is 5.97 Å². The molecule has 2 aromatic carbocycles. The Balaban J connectivity index is 0.000000290. The fourth-order valence-corrected chi connectivity index (χ4v) is 6.82. The third kappa shape index (κ3) is 14.2. The maximum Gasteiger partial charge on any atom is 0.332 e. The fourth-order valence-electron chi connectivity index (χ4n) is 4.44. The summed E-state index contributed by atoms with van der Waals surface area (Å²) in [5.41, 5.74) is -1.51. The number of aliphatic carboxylic acids is 2. The maximum atomic E-state index is 11.3. The Morgan fingerprint density at radius 2 is 1.20 bits per heavy atom. The Hall–Kier alpha value is -3.62. The molecule has 300 valence electrons. The van der Waals surface area contributed by atoms with E-state index in [1.165, 1.54) is 36.5 Å². The van der Waals surface area contributed by atoms with Crippen molar-refractivity contribution in [2.45, 2.75) is 24.9 Å². The summed E-state index contributed by atoms with van der Waals surface area (Å²) in [4.78, 5) is 30.9. The molecule has 2 aliphatic rings. The lowest BCUT2D eigenvalue weighted by Crippen LogP contribution is -2.45. The number of rotatable bonds is 24. The van der Waals surface area contributed by atoms with E-state index in [1.54, 1.807) is 51.5 Å². The van der Waals surface area contributed by atoms with E-state index in [9.17, 15) is 30.0 Å². The van der Waals surface area contributed by atoms with Crippen molar-refractivity contribution < 1.29 is 67.9 Å². The molecule has 2 heterocycles. The molecule has 0 spiro atoms. The molecule has 0 saturated heterocycles. The lowest BCUT2D eigenvalue weighted by atomic mass is 10.1. The van der Waals surface area contributed by atoms with Crippen molar-refractivity contribution in [3.63, 3.8) is 0 Å². The Morgan fingerprint density at radius 1 is 0.704 bits per heavy atom. The zero-order chi connectivity index (χ0) is 39.4. The molecule has 2 atom stereocenters. The third-order valence-electron chi connectivity index (χ3n) is 7.60. The van der Waals surface area contributed by atoms with E-state index in [2.05, 4.69) is 9.98 Å². The van der Waals surface area contributed by atoms with Gasteiger partial charge in [-0.15, -0.1) is 23.5 Å². The van der Waals surface area contributed by atoms with Gasteiger partial charge in [-0.3, -0.25) is 9.98 Å². The van der Waals surface area contributed by atoms with E-state index in [0.717, 1.165) is 0 Å². The minimum absolute atomic E-state index is 0.0196. The number of hydrogen-bond acceptors (Lipinski definition) is 17. The molecule has 0 radical (unpaired) electrons. The van der Waals surface area contributed by atoms with Gasteiger partial charge in [0.05, 0.1) is 77.6 Å². The first kappa shape index (κ1) is 44.8. The van der Waals surface area contributed by atoms with E-state index < -0.39 is 23.0 Å². The SMILES string of the molecule is COCCOCCOCCOc1ccc(C2=N[C@@](C)(C(=O)[O-])CS2)c(O)c1.COCCOCCOCCOc1cccc(C2=N[C@@](C)(C(=O)O)CS2)c1O. The molecular weight excluding hydrogens is 749 g/mol. The lowest BCUT2D eigenvalue weighted by Gasteiger charge is -2.19. The van der Waals surface area contributed by atoms with Crippen molar-refractivity contribution in [1.82, 2.24) is 0 Å². The van der Waals surface area contributed by atoms with Crippen LogP contribution in [0.1, 0.15) is 25.0 Å². The molecule has 0 aliphatic carbocycles. The van der Waals surface area contributed by atoms with E-state index in [1.807, 2.05) is 0 Å². The lowest BCUT2D eigenvalue weighted by molar-refractivity contribution is -0.311. The molecule has 4 rings (SSSR count). The highest BCUT2D eigenvalue weighted by Crippen LogP contribution is 2.38. The molecule has 0 aromatic heterocycles. The number of benzene rings is 2. The van der Waals surface area contributed by atoms with E-state index >= 15 is 0 Å². The van der Waals surface area contributed by atoms with Gasteiger partial charge in [0.25, 0.3) is 0 Å². The van der Waals surface area contributed by atoms with E-state index in [4.69, 9.17) is 37.9 Å². The molecule has 16 nitrogen and oxygen atoms in total. The highest BCUT2D eigenvalue weighted by Gasteiger charge is 2.39. The Morgan fingerprint density at radius 3 is 1.70 bits per heavy atom. The van der Waals surface area contributed by atoms with Gasteiger partial charge in [-0.1, -0.05) is 6.07 Å². The van der Waals surface area contributed by atoms with Crippen LogP contribution in [-0.4, -0.2) is 153 Å². The quantitative estimate of drug-likeness (QED) is 0.130. The molecule has 0 fully saturated rings. The number of phenols is 2. The second kappa shape index (κ2) is 23.3. The average molecular weight is 798 g/mol. The van der Waals surface area contributed by atoms with Crippen LogP contribution in [0.4, 0.5) is 0 Å². The molecule has 54 heavy (non-hydrogen) atoms. The second-order valence-corrected chi connectivity index (χ2v) is 13.9. The molecule has 0 saturated carbocycles. The van der Waals surface area contributed by atoms with Crippen LogP contribution in [0, 0.1) is 0 Å². The van der Waals surface area contributed by atoms with Crippen LogP contribution in [0.2, 0.25) is 0 Å². The number of nitrogens with zero attached hydrogens (tertiary/aromatic N) is 2. The fraction of sp³-hybridized carbons (Fsp3) is 0.556. The number of para-hydroxylation sites is 1. The van der Waals surface area contributed by atoms with E-state index in [0.29, 0.717) is 111 Å². The average Bonchev–Trinajstić information content (AvgIpc) is 3.75. The smallest absolute Gasteiger partial charge is 0.332 e. The largest absolute Gasteiger partial charge is 0.547 e. The van der Waals surface area contributed by atoms with Crippen molar-refractivity contribution in [1.29, 1.82) is 0 Å². The Labute approximate surface area is 323 Å². The van der Waals surface area contributed by atoms with Crippen molar-refractivity contribution in [2.75, 3.05) is 105 Å². The summed E-state index contributed by atoms with van der Waals surface area (Å²) in [5.74, 6) is -0.900. The monoisotopic (exact) mass is 797 g/mol. The maximum absolute atomic E-state index is 11.3. The standard InChI is InChI=1S/2C18H25NO7S/c1-18(17(21)22)12-27-16(19-18)14-4-3-13(11-15(14)20)26-10-9-25-8-7-24-6-5-23-2;1-18(17(21)22)12-27-16(19-18)13-4-3-5-14(15(13)20)26-11-10-25-9-8-24-7-6-23-2/h3-4,11,20H,5-10,12H2,1-2H3,(H,21,22);3-5,20H,6-12H2,1-2H3,(H,21,22)/p-1/t2*18-/m11/s1. The van der Waals surface area contributed by atoms with Crippen LogP contribution in [0.15, 0.2) is 46.4 Å². The van der Waals surface area contributed by atoms with Gasteiger partial charge in [0.2, 0.25) is 0 Å². The van der Waals surface area contributed by atoms with Crippen molar-refractivity contribution in [3.8, 4) is 23.0 Å². The number of carbonyl (C=O) groups is 2. The number of ether oxygens (including phenoxy) is 8. The van der Waals surface area contributed by atoms with Gasteiger partial charge in [-0.2, -0.15) is 0 Å². The van der Waals surface area contributed by atoms with Crippen LogP contribution < -0.4 is 14.6 Å². The van der Waals surface area contributed by atoms with Gasteiger partial charge in [-0.25, -0.2) is 4.79 Å². The number of aliphatic imine (C=N–C) groups is 2. The van der Waals surface area contributed by atoms with Crippen LogP contribution in [0.3, 0.4) is 0 Å². The highest BCUT2D eigenvalue weighted by molar-refractivity contribution is 8.15. The molecule has 2 aromatic rings. The number of phenolic OH excluding ortho intramolecular Hbond substituents is 2. The highest BCUT2D eigenvalue weighted by atomic mass is 32.2. The van der Waals surface area contributed by atoms with Crippen LogP contribution in [0.25, 0.3) is 0 Å². The van der Waals surface area contributed by atoms with Crippen molar-refractivity contribution >= 4 is 45.5 Å². The first-order valence-electron chi connectivity index (χ1n) is 17.0. The molecular formula is C36H49N2O14S2-. The number of carboxylic acids is 2. The number of thioether (sulfide) groups is 2. The molecule has 2 aliphatic heterocycles. The molecule has 0 amide bonds. The first-order valence-corrected chi connectivity index (χ1v) is 19.0. The van der Waals surface area contributed by atoms with Crippen molar-refractivity contribution in [3.05, 3.63) is 47.5 Å². The molecule has 0 bridgehead atoms. The van der Waals surface area contributed by atoms with E-state index in [-0.39, 0.29) is 23.9 Å². The van der Waals surface area contributed by atoms with Crippen LogP contribution in [0.5, 0.6) is 23.0 Å². The summed E-state index contributed by atoms with van der Waals surface area (Å²) in [5, 5.41) is 42.0. The third-order valence-corrected chi connectivity index (χ3v) is 10.2. The molecule has 18 heteroatoms. The normalized spacial score (nSPS) is 19.1. The number of carbonyl (C=O) groups excluding carboxylic acids is 1. The number of hydrogen-bond donors (Lipinski definition) is 3. The topological polar surface area (TPSA) is 216 Å². The molecule has 0 unspecified atom stereocenters. The minimum atomic E-state index is -1.27. The van der Waals surface area contributed by atoms with Crippen LogP contribution in [-0.2, 0) is 38.0 Å². The van der Waals surface area contributed by atoms with Gasteiger partial charge in [0, 0.05) is 37.4 Å². The predicted molar refractivity (Wildman–Crippen MR) is 202 cm³/mol. The van der Waals surface area contributed by atoms with Gasteiger partial charge in [0.15, 0.2) is 17.0 Å². The first-order chi connectivity index (χ1) is 25.9. The second-order valence-electron chi connectivity index (χ2n) is 12.0.